The van der Waals surface area contributed by atoms with E-state index in [1.165, 1.54) is 12.1 Å². The molecule has 0 atom stereocenters. The Bertz CT molecular complexity index is 1130. The molecule has 0 spiro atoms. The quantitative estimate of drug-likeness (QED) is 0.240. The van der Waals surface area contributed by atoms with Crippen LogP contribution < -0.4 is 4.74 Å². The number of halogens is 3. The van der Waals surface area contributed by atoms with E-state index in [1.54, 1.807) is 7.11 Å². The molecule has 8 heteroatoms. The van der Waals surface area contributed by atoms with Crippen molar-refractivity contribution in [2.45, 2.75) is 45.5 Å². The molecule has 0 N–H and O–H groups in total. The summed E-state index contributed by atoms with van der Waals surface area (Å²) in [6.45, 7) is 12.0. The highest BCUT2D eigenvalue weighted by atomic mass is 127. The first-order valence-corrected chi connectivity index (χ1v) is 15.1. The van der Waals surface area contributed by atoms with E-state index in [2.05, 4.69) is 61.4 Å². The van der Waals surface area contributed by atoms with E-state index in [0.29, 0.717) is 12.4 Å². The Kier molecular flexibility index (Phi) is 8.14. The highest BCUT2D eigenvalue weighted by Gasteiger charge is 2.37. The normalized spacial score (nSPS) is 14.9. The van der Waals surface area contributed by atoms with Crippen LogP contribution in [0.1, 0.15) is 31.9 Å². The SMILES string of the molecule is COC1=C(I)CN(C)C=C1c1cccc(CO[Si](C)(C)C(C)(C)C)c1Oc1ccc(F)cc1F. The molecule has 0 aliphatic carbocycles. The van der Waals surface area contributed by atoms with E-state index in [0.717, 1.165) is 38.7 Å². The van der Waals surface area contributed by atoms with Gasteiger partial charge >= 0.3 is 0 Å². The Morgan fingerprint density at radius 3 is 2.44 bits per heavy atom. The highest BCUT2D eigenvalue weighted by Crippen LogP contribution is 2.42. The summed E-state index contributed by atoms with van der Waals surface area (Å²) >= 11 is 2.28. The number of likely N-dealkylation sites (N-methyl/N-ethyl adjacent to an activating group) is 1. The molecule has 184 valence electrons. The van der Waals surface area contributed by atoms with Gasteiger partial charge in [0.05, 0.1) is 23.8 Å². The second-order valence-corrected chi connectivity index (χ2v) is 16.0. The summed E-state index contributed by atoms with van der Waals surface area (Å²) in [4.78, 5) is 2.06. The summed E-state index contributed by atoms with van der Waals surface area (Å²) in [6.07, 6.45) is 1.99. The summed E-state index contributed by atoms with van der Waals surface area (Å²) < 4.78 is 47.5. The van der Waals surface area contributed by atoms with Crippen LogP contribution in [-0.4, -0.2) is 33.9 Å². The van der Waals surface area contributed by atoms with Crippen LogP contribution in [0.5, 0.6) is 11.5 Å². The number of allylic oxidation sites excluding steroid dienone is 1. The minimum absolute atomic E-state index is 0.0331. The maximum Gasteiger partial charge on any atom is 0.192 e. The van der Waals surface area contributed by atoms with Crippen molar-refractivity contribution in [3.63, 3.8) is 0 Å². The Labute approximate surface area is 215 Å². The average Bonchev–Trinajstić information content (AvgIpc) is 2.73. The van der Waals surface area contributed by atoms with Gasteiger partial charge in [-0.15, -0.1) is 0 Å². The molecule has 0 bridgehead atoms. The smallest absolute Gasteiger partial charge is 0.192 e. The fraction of sp³-hybridized carbons (Fsp3) is 0.385. The van der Waals surface area contributed by atoms with Gasteiger partial charge in [-0.1, -0.05) is 39.0 Å². The van der Waals surface area contributed by atoms with Crippen LogP contribution in [-0.2, 0) is 15.8 Å². The van der Waals surface area contributed by atoms with Crippen molar-refractivity contribution in [3.8, 4) is 11.5 Å². The molecular weight excluding hydrogens is 567 g/mol. The zero-order valence-electron chi connectivity index (χ0n) is 20.8. The lowest BCUT2D eigenvalue weighted by molar-refractivity contribution is 0.271. The van der Waals surface area contributed by atoms with Gasteiger partial charge < -0.3 is 18.8 Å². The summed E-state index contributed by atoms with van der Waals surface area (Å²) in [5.41, 5.74) is 2.36. The number of nitrogens with zero attached hydrogens (tertiary/aromatic N) is 1. The molecule has 1 heterocycles. The minimum Gasteiger partial charge on any atom is -0.495 e. The third-order valence-corrected chi connectivity index (χ3v) is 11.6. The molecule has 4 nitrogen and oxygen atoms in total. The number of hydrogen-bond donors (Lipinski definition) is 0. The van der Waals surface area contributed by atoms with Crippen LogP contribution >= 0.6 is 22.6 Å². The van der Waals surface area contributed by atoms with Gasteiger partial charge in [-0.2, -0.15) is 0 Å². The number of para-hydroxylation sites is 1. The van der Waals surface area contributed by atoms with Crippen molar-refractivity contribution in [2.24, 2.45) is 0 Å². The molecule has 0 fully saturated rings. The molecule has 1 aliphatic heterocycles. The molecule has 3 rings (SSSR count). The van der Waals surface area contributed by atoms with Gasteiger partial charge in [-0.25, -0.2) is 8.78 Å². The van der Waals surface area contributed by atoms with E-state index in [1.807, 2.05) is 31.4 Å². The zero-order valence-corrected chi connectivity index (χ0v) is 23.9. The largest absolute Gasteiger partial charge is 0.495 e. The molecule has 0 radical (unpaired) electrons. The molecule has 2 aromatic rings. The first-order chi connectivity index (χ1) is 15.8. The van der Waals surface area contributed by atoms with Gasteiger partial charge in [0.1, 0.15) is 17.3 Å². The van der Waals surface area contributed by atoms with E-state index in [4.69, 9.17) is 13.9 Å². The van der Waals surface area contributed by atoms with Crippen molar-refractivity contribution in [1.82, 2.24) is 4.90 Å². The van der Waals surface area contributed by atoms with Crippen LogP contribution in [0.4, 0.5) is 8.78 Å². The predicted molar refractivity (Wildman–Crippen MR) is 144 cm³/mol. The maximum atomic E-state index is 14.6. The summed E-state index contributed by atoms with van der Waals surface area (Å²) in [6, 6.07) is 9.08. The van der Waals surface area contributed by atoms with Crippen LogP contribution in [0, 0.1) is 11.6 Å². The summed E-state index contributed by atoms with van der Waals surface area (Å²) in [5, 5.41) is 0.0331. The molecule has 0 aromatic heterocycles. The monoisotopic (exact) mass is 599 g/mol. The number of hydrogen-bond acceptors (Lipinski definition) is 4. The molecule has 34 heavy (non-hydrogen) atoms. The van der Waals surface area contributed by atoms with Gasteiger partial charge in [0.15, 0.2) is 19.9 Å². The first kappa shape index (κ1) is 26.7. The maximum absolute atomic E-state index is 14.6. The standard InChI is InChI=1S/C26H32F2INO3Si/c1-26(2,3)34(6,7)32-16-17-9-8-10-19(20-14-30(4)15-22(29)25(20)31-5)24(17)33-23-12-11-18(27)13-21(23)28/h8-14H,15-16H2,1-7H3. The summed E-state index contributed by atoms with van der Waals surface area (Å²) in [5.74, 6) is -0.268. The van der Waals surface area contributed by atoms with E-state index < -0.39 is 20.0 Å². The van der Waals surface area contributed by atoms with Crippen molar-refractivity contribution in [1.29, 1.82) is 0 Å². The number of benzene rings is 2. The zero-order chi connectivity index (χ0) is 25.3. The van der Waals surface area contributed by atoms with Crippen molar-refractivity contribution < 1.29 is 22.7 Å². The second-order valence-electron chi connectivity index (χ2n) is 9.92. The second kappa shape index (κ2) is 10.4. The Balaban J connectivity index is 2.13. The lowest BCUT2D eigenvalue weighted by Crippen LogP contribution is -2.40. The molecular formula is C26H32F2INO3Si. The molecule has 0 amide bonds. The molecule has 1 aliphatic rings. The number of rotatable bonds is 7. The molecule has 0 unspecified atom stereocenters. The molecule has 0 saturated heterocycles. The van der Waals surface area contributed by atoms with Gasteiger partial charge in [-0.3, -0.25) is 0 Å². The van der Waals surface area contributed by atoms with Crippen LogP contribution in [0.3, 0.4) is 0 Å². The summed E-state index contributed by atoms with van der Waals surface area (Å²) in [7, 11) is 1.56. The Morgan fingerprint density at radius 2 is 1.82 bits per heavy atom. The third-order valence-electron chi connectivity index (χ3n) is 6.32. The van der Waals surface area contributed by atoms with Gasteiger partial charge in [0.2, 0.25) is 0 Å². The van der Waals surface area contributed by atoms with E-state index in [-0.39, 0.29) is 10.8 Å². The van der Waals surface area contributed by atoms with E-state index in [9.17, 15) is 8.78 Å². The Morgan fingerprint density at radius 1 is 1.12 bits per heavy atom. The highest BCUT2D eigenvalue weighted by molar-refractivity contribution is 14.1. The van der Waals surface area contributed by atoms with Crippen LogP contribution in [0.25, 0.3) is 5.57 Å². The molecule has 2 aromatic carbocycles. The number of ether oxygens (including phenoxy) is 2. The predicted octanol–water partition coefficient (Wildman–Crippen LogP) is 7.86. The van der Waals surface area contributed by atoms with Crippen LogP contribution in [0.15, 0.2) is 51.9 Å². The lowest BCUT2D eigenvalue weighted by atomic mass is 9.98. The van der Waals surface area contributed by atoms with Gasteiger partial charge in [0.25, 0.3) is 0 Å². The van der Waals surface area contributed by atoms with Gasteiger partial charge in [0, 0.05) is 36.0 Å². The Hall–Kier alpha value is -1.91. The fourth-order valence-corrected chi connectivity index (χ4v) is 5.35. The molecule has 0 saturated carbocycles. The fourth-order valence-electron chi connectivity index (χ4n) is 3.35. The topological polar surface area (TPSA) is 30.9 Å². The number of methoxy groups -OCH3 is 1. The van der Waals surface area contributed by atoms with Crippen LogP contribution in [0.2, 0.25) is 18.1 Å². The van der Waals surface area contributed by atoms with Gasteiger partial charge in [-0.05, 0) is 52.9 Å². The van der Waals surface area contributed by atoms with Crippen molar-refractivity contribution >= 4 is 36.5 Å². The van der Waals surface area contributed by atoms with Crippen molar-refractivity contribution in [2.75, 3.05) is 20.7 Å². The third kappa shape index (κ3) is 5.83. The van der Waals surface area contributed by atoms with E-state index >= 15 is 0 Å². The van der Waals surface area contributed by atoms with Crippen molar-refractivity contribution in [3.05, 3.63) is 74.7 Å². The first-order valence-electron chi connectivity index (χ1n) is 11.1. The lowest BCUT2D eigenvalue weighted by Gasteiger charge is -2.36. The minimum atomic E-state index is -2.06. The average molecular weight is 600 g/mol.